The van der Waals surface area contributed by atoms with Crippen molar-refractivity contribution in [2.45, 2.75) is 73.3 Å². The van der Waals surface area contributed by atoms with Crippen LogP contribution in [0.1, 0.15) is 78.2 Å². The van der Waals surface area contributed by atoms with E-state index in [0.717, 1.165) is 18.1 Å². The number of hydrogen-bond donors (Lipinski definition) is 0. The molecule has 1 aliphatic heterocycles. The fourth-order valence-electron chi connectivity index (χ4n) is 6.48. The van der Waals surface area contributed by atoms with Crippen LogP contribution < -0.4 is 9.64 Å². The fourth-order valence-corrected chi connectivity index (χ4v) is 6.48. The van der Waals surface area contributed by atoms with E-state index in [-0.39, 0.29) is 26.7 Å². The van der Waals surface area contributed by atoms with E-state index in [9.17, 15) is 9.59 Å². The number of hydrogen-bond acceptors (Lipinski definition) is 3. The molecule has 34 heavy (non-hydrogen) atoms. The highest BCUT2D eigenvalue weighted by molar-refractivity contribution is 6.23. The highest BCUT2D eigenvalue weighted by Crippen LogP contribution is 2.50. The Bertz CT molecular complexity index is 1140. The Morgan fingerprint density at radius 3 is 2.32 bits per heavy atom. The summed E-state index contributed by atoms with van der Waals surface area (Å²) in [6, 6.07) is 12.1. The SMILES string of the molecule is Cc1cc(C)c2c(c1)[C@H](Oc1ccc(N3C(=O)C(C)C(C)(C)C3=O)cc1)[C@@H](C1CC[C@@H](C)C1)C2.[HH].[HH]. The lowest BCUT2D eigenvalue weighted by atomic mass is 9.82. The van der Waals surface area contributed by atoms with Gasteiger partial charge in [0, 0.05) is 8.77 Å². The number of aryl methyl sites for hydroxylation is 2. The van der Waals surface area contributed by atoms with Crippen LogP contribution in [-0.4, -0.2) is 11.8 Å². The molecule has 2 unspecified atom stereocenters. The summed E-state index contributed by atoms with van der Waals surface area (Å²) in [6.45, 7) is 12.3. The van der Waals surface area contributed by atoms with E-state index in [1.54, 1.807) is 0 Å². The highest BCUT2D eigenvalue weighted by Gasteiger charge is 2.51. The number of ether oxygens (including phenoxy) is 1. The van der Waals surface area contributed by atoms with Gasteiger partial charge in [-0.15, -0.1) is 0 Å². The Hall–Kier alpha value is -2.62. The van der Waals surface area contributed by atoms with Gasteiger partial charge in [-0.25, -0.2) is 4.90 Å². The van der Waals surface area contributed by atoms with Gasteiger partial charge in [0.05, 0.1) is 17.0 Å². The van der Waals surface area contributed by atoms with Crippen molar-refractivity contribution >= 4 is 17.5 Å². The molecule has 0 bridgehead atoms. The van der Waals surface area contributed by atoms with Crippen molar-refractivity contribution in [3.05, 3.63) is 58.7 Å². The number of fused-ring (bicyclic) bond motifs is 1. The van der Waals surface area contributed by atoms with Crippen molar-refractivity contribution in [3.8, 4) is 5.75 Å². The molecule has 2 aliphatic carbocycles. The molecule has 2 aromatic rings. The maximum Gasteiger partial charge on any atom is 0.240 e. The van der Waals surface area contributed by atoms with Gasteiger partial charge in [-0.1, -0.05) is 51.8 Å². The number of carbonyl (C=O) groups excluding carboxylic acids is 2. The second kappa shape index (κ2) is 8.25. The molecule has 5 atom stereocenters. The molecule has 4 heteroatoms. The summed E-state index contributed by atoms with van der Waals surface area (Å²) in [6.07, 6.45) is 5.00. The zero-order valence-corrected chi connectivity index (χ0v) is 21.4. The van der Waals surface area contributed by atoms with Crippen molar-refractivity contribution in [3.63, 3.8) is 0 Å². The number of amides is 2. The predicted molar refractivity (Wildman–Crippen MR) is 139 cm³/mol. The van der Waals surface area contributed by atoms with E-state index < -0.39 is 5.41 Å². The largest absolute Gasteiger partial charge is 0.485 e. The highest BCUT2D eigenvalue weighted by atomic mass is 16.5. The van der Waals surface area contributed by atoms with Gasteiger partial charge in [0.1, 0.15) is 11.9 Å². The topological polar surface area (TPSA) is 46.6 Å². The number of nitrogens with zero attached hydrogens (tertiary/aromatic N) is 1. The van der Waals surface area contributed by atoms with Crippen LogP contribution in [0.15, 0.2) is 36.4 Å². The Labute approximate surface area is 206 Å². The molecule has 0 radical (unpaired) electrons. The molecular weight excluding hydrogens is 422 g/mol. The van der Waals surface area contributed by atoms with Crippen LogP contribution in [0.25, 0.3) is 0 Å². The van der Waals surface area contributed by atoms with Crippen LogP contribution in [0.4, 0.5) is 5.69 Å². The Morgan fingerprint density at radius 2 is 1.74 bits per heavy atom. The van der Waals surface area contributed by atoms with E-state index in [0.29, 0.717) is 17.5 Å². The number of rotatable bonds is 4. The van der Waals surface area contributed by atoms with Crippen molar-refractivity contribution in [2.75, 3.05) is 4.90 Å². The summed E-state index contributed by atoms with van der Waals surface area (Å²) in [5, 5.41) is 0. The molecule has 4 nitrogen and oxygen atoms in total. The van der Waals surface area contributed by atoms with Gasteiger partial charge in [0.25, 0.3) is 0 Å². The van der Waals surface area contributed by atoms with Crippen molar-refractivity contribution in [1.82, 2.24) is 0 Å². The molecular formula is C30H41NO3. The number of imide groups is 1. The average Bonchev–Trinajstić information content (AvgIpc) is 3.41. The predicted octanol–water partition coefficient (Wildman–Crippen LogP) is 7.06. The summed E-state index contributed by atoms with van der Waals surface area (Å²) in [5.41, 5.74) is 5.40. The maximum absolute atomic E-state index is 12.9. The van der Waals surface area contributed by atoms with E-state index in [4.69, 9.17) is 4.74 Å². The summed E-state index contributed by atoms with van der Waals surface area (Å²) in [5.74, 6) is 2.17. The van der Waals surface area contributed by atoms with Crippen molar-refractivity contribution in [1.29, 1.82) is 0 Å². The minimum atomic E-state index is -0.679. The Kier molecular flexibility index (Phi) is 5.61. The number of anilines is 1. The summed E-state index contributed by atoms with van der Waals surface area (Å²) in [7, 11) is 0. The smallest absolute Gasteiger partial charge is 0.240 e. The molecule has 2 aromatic carbocycles. The van der Waals surface area contributed by atoms with Gasteiger partial charge in [0.15, 0.2) is 0 Å². The molecule has 0 spiro atoms. The Balaban J connectivity index is 0.00000180. The Morgan fingerprint density at radius 1 is 1.03 bits per heavy atom. The average molecular weight is 464 g/mol. The normalized spacial score (nSPS) is 30.2. The zero-order valence-electron chi connectivity index (χ0n) is 21.4. The van der Waals surface area contributed by atoms with Crippen LogP contribution in [0.3, 0.4) is 0 Å². The van der Waals surface area contributed by atoms with Crippen LogP contribution in [-0.2, 0) is 16.0 Å². The van der Waals surface area contributed by atoms with E-state index in [2.05, 4.69) is 32.9 Å². The first kappa shape index (κ1) is 23.1. The molecule has 3 aliphatic rings. The van der Waals surface area contributed by atoms with Gasteiger partial charge in [0.2, 0.25) is 11.8 Å². The molecule has 2 amide bonds. The first-order chi connectivity index (χ1) is 16.1. The lowest BCUT2D eigenvalue weighted by Gasteiger charge is -2.27. The molecule has 184 valence electrons. The quantitative estimate of drug-likeness (QED) is 0.456. The third-order valence-corrected chi connectivity index (χ3v) is 8.91. The van der Waals surface area contributed by atoms with Crippen LogP contribution in [0, 0.1) is 42.9 Å². The molecule has 0 N–H and O–H groups in total. The molecule has 5 rings (SSSR count). The van der Waals surface area contributed by atoms with Crippen LogP contribution in [0.5, 0.6) is 5.75 Å². The maximum atomic E-state index is 12.9. The monoisotopic (exact) mass is 463 g/mol. The first-order valence-electron chi connectivity index (χ1n) is 12.8. The minimum Gasteiger partial charge on any atom is -0.485 e. The summed E-state index contributed by atoms with van der Waals surface area (Å²) >= 11 is 0. The zero-order chi connectivity index (χ0) is 24.4. The molecule has 1 heterocycles. The van der Waals surface area contributed by atoms with Gasteiger partial charge in [-0.3, -0.25) is 9.59 Å². The summed E-state index contributed by atoms with van der Waals surface area (Å²) in [4.78, 5) is 27.0. The van der Waals surface area contributed by atoms with E-state index in [1.807, 2.05) is 45.0 Å². The van der Waals surface area contributed by atoms with Crippen LogP contribution >= 0.6 is 0 Å². The second-order valence-corrected chi connectivity index (χ2v) is 11.7. The number of benzene rings is 2. The lowest BCUT2D eigenvalue weighted by molar-refractivity contribution is -0.125. The summed E-state index contributed by atoms with van der Waals surface area (Å²) < 4.78 is 6.72. The van der Waals surface area contributed by atoms with Crippen LogP contribution in [0.2, 0.25) is 0 Å². The second-order valence-electron chi connectivity index (χ2n) is 11.7. The third kappa shape index (κ3) is 3.66. The molecule has 1 saturated carbocycles. The molecule has 2 fully saturated rings. The third-order valence-electron chi connectivity index (χ3n) is 8.91. The minimum absolute atomic E-state index is 0. The van der Waals surface area contributed by atoms with Crippen molar-refractivity contribution < 1.29 is 17.2 Å². The molecule has 0 aromatic heterocycles. The van der Waals surface area contributed by atoms with E-state index >= 15 is 0 Å². The van der Waals surface area contributed by atoms with Crippen molar-refractivity contribution in [2.24, 2.45) is 29.1 Å². The van der Waals surface area contributed by atoms with Gasteiger partial charge < -0.3 is 4.74 Å². The standard InChI is InChI=1S/C30H37NO3.2H2/c1-17-7-8-21(14-17)25-16-24-19(3)13-18(2)15-26(24)27(25)34-23-11-9-22(10-12-23)31-28(32)20(4)30(5,6)29(31)33;;/h9-13,15,17,20-21,25,27H,7-8,14,16H2,1-6H3;2*1H/t17-,20?,21?,25-,27-;;/m1../s1. The first-order valence-corrected chi connectivity index (χ1v) is 12.8. The lowest BCUT2D eigenvalue weighted by Crippen LogP contribution is -2.32. The van der Waals surface area contributed by atoms with Gasteiger partial charge in [-0.2, -0.15) is 0 Å². The van der Waals surface area contributed by atoms with Gasteiger partial charge in [-0.05, 0) is 85.9 Å². The fraction of sp³-hybridized carbons (Fsp3) is 0.533. The van der Waals surface area contributed by atoms with Gasteiger partial charge >= 0.3 is 0 Å². The molecule has 1 saturated heterocycles. The van der Waals surface area contributed by atoms with E-state index in [1.165, 1.54) is 46.4 Å². The number of carbonyl (C=O) groups is 2.